The Balaban J connectivity index is 1.65. The van der Waals surface area contributed by atoms with Gasteiger partial charge in [0, 0.05) is 31.9 Å². The molecule has 2 heterocycles. The molecule has 2 fully saturated rings. The van der Waals surface area contributed by atoms with Gasteiger partial charge in [-0.25, -0.2) is 0 Å². The van der Waals surface area contributed by atoms with Crippen molar-refractivity contribution in [1.29, 1.82) is 0 Å². The fourth-order valence-corrected chi connectivity index (χ4v) is 3.25. The number of anilines is 1. The number of rotatable bonds is 3. The third-order valence-electron chi connectivity index (χ3n) is 4.33. The van der Waals surface area contributed by atoms with Gasteiger partial charge in [0.15, 0.2) is 0 Å². The molecule has 0 bridgehead atoms. The fraction of sp³-hybridized carbons (Fsp3) is 0.529. The van der Waals surface area contributed by atoms with Crippen molar-refractivity contribution in [3.05, 3.63) is 28.8 Å². The summed E-state index contributed by atoms with van der Waals surface area (Å²) in [4.78, 5) is 26.5. The second-order valence-corrected chi connectivity index (χ2v) is 6.51. The maximum absolute atomic E-state index is 12.5. The van der Waals surface area contributed by atoms with Crippen LogP contribution in [-0.2, 0) is 9.53 Å². The summed E-state index contributed by atoms with van der Waals surface area (Å²) in [7, 11) is 0. The molecule has 24 heavy (non-hydrogen) atoms. The number of morpholine rings is 1. The summed E-state index contributed by atoms with van der Waals surface area (Å²) in [6, 6.07) is 5.00. The number of amides is 2. The minimum Gasteiger partial charge on any atom is -0.366 e. The summed E-state index contributed by atoms with van der Waals surface area (Å²) in [5.41, 5.74) is 1.04. The Morgan fingerprint density at radius 2 is 2.04 bits per heavy atom. The SMILES string of the molecule is O=C(Nc1ccc(C(=O)N2CCCCC2)c(Cl)c1)C1CNCCO1. The predicted octanol–water partition coefficient (Wildman–Crippen LogP) is 1.89. The summed E-state index contributed by atoms with van der Waals surface area (Å²) in [6.07, 6.45) is 2.73. The first-order chi connectivity index (χ1) is 11.6. The third kappa shape index (κ3) is 4.06. The van der Waals surface area contributed by atoms with Crippen molar-refractivity contribution >= 4 is 29.1 Å². The van der Waals surface area contributed by atoms with E-state index in [-0.39, 0.29) is 11.8 Å². The number of hydrogen-bond donors (Lipinski definition) is 2. The summed E-state index contributed by atoms with van der Waals surface area (Å²) >= 11 is 6.27. The lowest BCUT2D eigenvalue weighted by atomic mass is 10.1. The number of ether oxygens (including phenoxy) is 1. The van der Waals surface area contributed by atoms with E-state index >= 15 is 0 Å². The van der Waals surface area contributed by atoms with Crippen LogP contribution < -0.4 is 10.6 Å². The number of likely N-dealkylation sites (tertiary alicyclic amines) is 1. The third-order valence-corrected chi connectivity index (χ3v) is 4.64. The van der Waals surface area contributed by atoms with Crippen LogP contribution in [0, 0.1) is 0 Å². The van der Waals surface area contributed by atoms with Gasteiger partial charge in [-0.1, -0.05) is 11.6 Å². The molecule has 1 unspecified atom stereocenters. The van der Waals surface area contributed by atoms with Gasteiger partial charge in [-0.3, -0.25) is 9.59 Å². The highest BCUT2D eigenvalue weighted by atomic mass is 35.5. The maximum Gasteiger partial charge on any atom is 0.255 e. The second kappa shape index (κ2) is 7.96. The summed E-state index contributed by atoms with van der Waals surface area (Å²) in [6.45, 7) is 3.31. The highest BCUT2D eigenvalue weighted by molar-refractivity contribution is 6.34. The predicted molar refractivity (Wildman–Crippen MR) is 92.4 cm³/mol. The molecular weight excluding hydrogens is 330 g/mol. The zero-order chi connectivity index (χ0) is 16.9. The molecule has 130 valence electrons. The van der Waals surface area contributed by atoms with Crippen LogP contribution in [0.3, 0.4) is 0 Å². The van der Waals surface area contributed by atoms with Gasteiger partial charge in [-0.05, 0) is 37.5 Å². The molecule has 2 saturated heterocycles. The molecule has 0 aromatic heterocycles. The standard InChI is InChI=1S/C17H22ClN3O3/c18-14-10-12(20-16(22)15-11-19-6-9-24-15)4-5-13(14)17(23)21-7-2-1-3-8-21/h4-5,10,15,19H,1-3,6-9,11H2,(H,20,22). The van der Waals surface area contributed by atoms with Crippen molar-refractivity contribution in [1.82, 2.24) is 10.2 Å². The molecule has 2 aliphatic heterocycles. The van der Waals surface area contributed by atoms with Crippen molar-refractivity contribution in [2.45, 2.75) is 25.4 Å². The van der Waals surface area contributed by atoms with E-state index in [1.165, 1.54) is 6.42 Å². The Kier molecular flexibility index (Phi) is 5.71. The monoisotopic (exact) mass is 351 g/mol. The summed E-state index contributed by atoms with van der Waals surface area (Å²) in [5, 5.41) is 6.25. The molecule has 2 N–H and O–H groups in total. The number of benzene rings is 1. The lowest BCUT2D eigenvalue weighted by Gasteiger charge is -2.27. The van der Waals surface area contributed by atoms with E-state index in [0.29, 0.717) is 29.4 Å². The number of halogens is 1. The normalized spacial score (nSPS) is 21.4. The Morgan fingerprint density at radius 1 is 1.25 bits per heavy atom. The van der Waals surface area contributed by atoms with Gasteiger partial charge in [-0.2, -0.15) is 0 Å². The molecule has 0 spiro atoms. The van der Waals surface area contributed by atoms with Gasteiger partial charge in [0.1, 0.15) is 6.10 Å². The molecule has 1 aromatic rings. The van der Waals surface area contributed by atoms with Crippen molar-refractivity contribution in [2.24, 2.45) is 0 Å². The van der Waals surface area contributed by atoms with Gasteiger partial charge in [0.25, 0.3) is 11.8 Å². The molecule has 3 rings (SSSR count). The largest absolute Gasteiger partial charge is 0.366 e. The molecule has 2 amide bonds. The van der Waals surface area contributed by atoms with E-state index in [4.69, 9.17) is 16.3 Å². The topological polar surface area (TPSA) is 70.7 Å². The number of hydrogen-bond acceptors (Lipinski definition) is 4. The van der Waals surface area contributed by atoms with Crippen molar-refractivity contribution < 1.29 is 14.3 Å². The van der Waals surface area contributed by atoms with Crippen LogP contribution in [0.15, 0.2) is 18.2 Å². The van der Waals surface area contributed by atoms with Gasteiger partial charge in [0.2, 0.25) is 0 Å². The van der Waals surface area contributed by atoms with Crippen molar-refractivity contribution in [3.63, 3.8) is 0 Å². The van der Waals surface area contributed by atoms with Crippen LogP contribution in [0.1, 0.15) is 29.6 Å². The van der Waals surface area contributed by atoms with Crippen LogP contribution in [0.4, 0.5) is 5.69 Å². The van der Waals surface area contributed by atoms with Crippen LogP contribution in [-0.4, -0.2) is 55.6 Å². The lowest BCUT2D eigenvalue weighted by molar-refractivity contribution is -0.128. The number of carbonyl (C=O) groups excluding carboxylic acids is 2. The van der Waals surface area contributed by atoms with Crippen LogP contribution in [0.25, 0.3) is 0 Å². The number of carbonyl (C=O) groups is 2. The zero-order valence-electron chi connectivity index (χ0n) is 13.5. The van der Waals surface area contributed by atoms with Crippen molar-refractivity contribution in [3.8, 4) is 0 Å². The average molecular weight is 352 g/mol. The van der Waals surface area contributed by atoms with E-state index in [1.807, 2.05) is 4.90 Å². The second-order valence-electron chi connectivity index (χ2n) is 6.10. The Hall–Kier alpha value is -1.63. The molecule has 0 radical (unpaired) electrons. The Morgan fingerprint density at radius 3 is 2.71 bits per heavy atom. The van der Waals surface area contributed by atoms with Crippen LogP contribution in [0.2, 0.25) is 5.02 Å². The summed E-state index contributed by atoms with van der Waals surface area (Å²) in [5.74, 6) is -0.259. The van der Waals surface area contributed by atoms with E-state index in [1.54, 1.807) is 18.2 Å². The maximum atomic E-state index is 12.5. The molecule has 1 aromatic carbocycles. The van der Waals surface area contributed by atoms with Gasteiger partial charge >= 0.3 is 0 Å². The number of nitrogens with one attached hydrogen (secondary N) is 2. The molecule has 0 saturated carbocycles. The summed E-state index contributed by atoms with van der Waals surface area (Å²) < 4.78 is 5.42. The first kappa shape index (κ1) is 17.2. The highest BCUT2D eigenvalue weighted by Gasteiger charge is 2.23. The smallest absolute Gasteiger partial charge is 0.255 e. The van der Waals surface area contributed by atoms with E-state index in [2.05, 4.69) is 10.6 Å². The van der Waals surface area contributed by atoms with Gasteiger partial charge in [0.05, 0.1) is 17.2 Å². The molecule has 6 nitrogen and oxygen atoms in total. The average Bonchev–Trinajstić information content (AvgIpc) is 2.63. The molecular formula is C17H22ClN3O3. The first-order valence-corrected chi connectivity index (χ1v) is 8.75. The van der Waals surface area contributed by atoms with E-state index in [0.717, 1.165) is 32.5 Å². The minimum absolute atomic E-state index is 0.0441. The fourth-order valence-electron chi connectivity index (χ4n) is 2.99. The minimum atomic E-state index is -0.507. The highest BCUT2D eigenvalue weighted by Crippen LogP contribution is 2.24. The van der Waals surface area contributed by atoms with Gasteiger partial charge in [-0.15, -0.1) is 0 Å². The van der Waals surface area contributed by atoms with Crippen molar-refractivity contribution in [2.75, 3.05) is 38.1 Å². The van der Waals surface area contributed by atoms with Crippen LogP contribution >= 0.6 is 11.6 Å². The Bertz CT molecular complexity index is 611. The van der Waals surface area contributed by atoms with E-state index < -0.39 is 6.10 Å². The number of piperidine rings is 1. The number of nitrogens with zero attached hydrogens (tertiary/aromatic N) is 1. The molecule has 7 heteroatoms. The lowest BCUT2D eigenvalue weighted by Crippen LogP contribution is -2.45. The Labute approximate surface area is 146 Å². The zero-order valence-corrected chi connectivity index (χ0v) is 14.3. The molecule has 2 aliphatic rings. The quantitative estimate of drug-likeness (QED) is 0.872. The molecule has 1 atom stereocenters. The van der Waals surface area contributed by atoms with Gasteiger partial charge < -0.3 is 20.3 Å². The molecule has 0 aliphatic carbocycles. The first-order valence-electron chi connectivity index (χ1n) is 8.37. The van der Waals surface area contributed by atoms with E-state index in [9.17, 15) is 9.59 Å². The van der Waals surface area contributed by atoms with Crippen LogP contribution in [0.5, 0.6) is 0 Å².